The van der Waals surface area contributed by atoms with Gasteiger partial charge in [0.05, 0.1) is 26.0 Å². The Kier molecular flexibility index (Phi) is 8.57. The first-order chi connectivity index (χ1) is 17.4. The van der Waals surface area contributed by atoms with E-state index < -0.39 is 10.0 Å². The van der Waals surface area contributed by atoms with E-state index in [9.17, 15) is 13.2 Å². The number of anilines is 1. The van der Waals surface area contributed by atoms with Crippen molar-refractivity contribution in [1.29, 1.82) is 0 Å². The van der Waals surface area contributed by atoms with Crippen LogP contribution >= 0.6 is 0 Å². The van der Waals surface area contributed by atoms with Crippen LogP contribution in [0.3, 0.4) is 0 Å². The third-order valence-electron chi connectivity index (χ3n) is 5.50. The van der Waals surface area contributed by atoms with Crippen LogP contribution in [-0.4, -0.2) is 63.3 Å². The first-order valence-corrected chi connectivity index (χ1v) is 13.7. The van der Waals surface area contributed by atoms with Crippen LogP contribution < -0.4 is 20.1 Å². The van der Waals surface area contributed by atoms with Crippen molar-refractivity contribution in [2.75, 3.05) is 43.9 Å². The van der Waals surface area contributed by atoms with E-state index in [0.29, 0.717) is 44.9 Å². The van der Waals surface area contributed by atoms with Gasteiger partial charge in [-0.25, -0.2) is 8.42 Å². The second-order valence-electron chi connectivity index (χ2n) is 8.55. The molecule has 4 rings (SSSR count). The highest BCUT2D eigenvalue weighted by Gasteiger charge is 2.13. The number of carbonyl (C=O) groups is 1. The van der Waals surface area contributed by atoms with Crippen molar-refractivity contribution in [3.8, 4) is 5.75 Å². The van der Waals surface area contributed by atoms with Crippen molar-refractivity contribution < 1.29 is 22.7 Å². The summed E-state index contributed by atoms with van der Waals surface area (Å²) in [5.74, 6) is 0.763. The number of amides is 1. The number of hydrogen-bond donors (Lipinski definition) is 3. The molecule has 0 fully saturated rings. The largest absolute Gasteiger partial charge is 0.491 e. The highest BCUT2D eigenvalue weighted by molar-refractivity contribution is 7.92. The van der Waals surface area contributed by atoms with Gasteiger partial charge in [0, 0.05) is 43.9 Å². The Morgan fingerprint density at radius 2 is 1.97 bits per heavy atom. The molecule has 0 radical (unpaired) electrons. The lowest BCUT2D eigenvalue weighted by Crippen LogP contribution is -2.27. The average Bonchev–Trinajstić information content (AvgIpc) is 3.26. The van der Waals surface area contributed by atoms with Crippen molar-refractivity contribution in [2.24, 2.45) is 0 Å². The number of aromatic nitrogens is 2. The quantitative estimate of drug-likeness (QED) is 0.459. The standard InChI is InChI=1S/C25H31N5O5S/c1-36(32,33)29-24-7-10-30(28-24)11-8-27-25(31)21-5-6-23-22(17-21)16-19-3-2-4-20(15-19)18-26-9-12-34-13-14-35-23/h2-7,10,15,17,26H,8-9,11-14,16,18H2,1H3,(H,27,31)(H,28,29). The van der Waals surface area contributed by atoms with E-state index in [-0.39, 0.29) is 11.7 Å². The van der Waals surface area contributed by atoms with Crippen molar-refractivity contribution >= 4 is 21.7 Å². The van der Waals surface area contributed by atoms with Crippen LogP contribution in [0.2, 0.25) is 0 Å². The minimum Gasteiger partial charge on any atom is -0.491 e. The van der Waals surface area contributed by atoms with E-state index in [2.05, 4.69) is 38.7 Å². The number of carbonyl (C=O) groups excluding carboxylic acids is 1. The van der Waals surface area contributed by atoms with Crippen molar-refractivity contribution in [2.45, 2.75) is 19.5 Å². The van der Waals surface area contributed by atoms with Crippen molar-refractivity contribution in [1.82, 2.24) is 20.4 Å². The average molecular weight is 514 g/mol. The molecule has 2 heterocycles. The Labute approximate surface area is 211 Å². The summed E-state index contributed by atoms with van der Waals surface area (Å²) in [6, 6.07) is 15.4. The highest BCUT2D eigenvalue weighted by atomic mass is 32.2. The van der Waals surface area contributed by atoms with Gasteiger partial charge < -0.3 is 20.1 Å². The van der Waals surface area contributed by atoms with Gasteiger partial charge in [-0.3, -0.25) is 14.2 Å². The molecule has 10 nitrogen and oxygen atoms in total. The van der Waals surface area contributed by atoms with Gasteiger partial charge in [-0.05, 0) is 34.9 Å². The molecule has 0 aliphatic carbocycles. The number of fused-ring (bicyclic) bond motifs is 3. The van der Waals surface area contributed by atoms with E-state index in [1.807, 2.05) is 18.2 Å². The molecular formula is C25H31N5O5S. The maximum atomic E-state index is 12.8. The molecule has 0 unspecified atom stereocenters. The van der Waals surface area contributed by atoms with Crippen molar-refractivity contribution in [3.63, 3.8) is 0 Å². The third kappa shape index (κ3) is 7.80. The molecule has 3 aromatic rings. The number of benzene rings is 2. The fourth-order valence-electron chi connectivity index (χ4n) is 3.88. The lowest BCUT2D eigenvalue weighted by molar-refractivity contribution is 0.0950. The lowest BCUT2D eigenvalue weighted by atomic mass is 9.99. The first kappa shape index (κ1) is 25.7. The fourth-order valence-corrected chi connectivity index (χ4v) is 4.36. The zero-order valence-corrected chi connectivity index (χ0v) is 21.0. The SMILES string of the molecule is CS(=O)(=O)Nc1ccn(CCNC(=O)c2ccc3c(c2)Cc2cccc(c2)CNCCOCCO3)n1. The van der Waals surface area contributed by atoms with E-state index >= 15 is 0 Å². The molecule has 2 aromatic carbocycles. The van der Waals surface area contributed by atoms with Crippen LogP contribution in [0.1, 0.15) is 27.0 Å². The number of ether oxygens (including phenoxy) is 2. The summed E-state index contributed by atoms with van der Waals surface area (Å²) in [5.41, 5.74) is 3.79. The zero-order chi connectivity index (χ0) is 25.4. The molecule has 0 saturated heterocycles. The molecule has 0 spiro atoms. The number of nitrogens with zero attached hydrogens (tertiary/aromatic N) is 2. The second-order valence-corrected chi connectivity index (χ2v) is 10.3. The van der Waals surface area contributed by atoms with Gasteiger partial charge in [-0.2, -0.15) is 5.10 Å². The van der Waals surface area contributed by atoms with Gasteiger partial charge in [-0.1, -0.05) is 24.3 Å². The molecule has 1 aliphatic rings. The van der Waals surface area contributed by atoms with Crippen LogP contribution in [0.15, 0.2) is 54.7 Å². The lowest BCUT2D eigenvalue weighted by Gasteiger charge is -2.15. The molecule has 1 aromatic heterocycles. The Bertz CT molecular complexity index is 1290. The molecule has 192 valence electrons. The van der Waals surface area contributed by atoms with Crippen LogP contribution in [0.4, 0.5) is 5.82 Å². The smallest absolute Gasteiger partial charge is 0.251 e. The van der Waals surface area contributed by atoms with E-state index in [1.54, 1.807) is 23.0 Å². The molecular weight excluding hydrogens is 482 g/mol. The number of rotatable bonds is 6. The van der Waals surface area contributed by atoms with Crippen LogP contribution in [0, 0.1) is 0 Å². The summed E-state index contributed by atoms with van der Waals surface area (Å²) in [5, 5.41) is 10.4. The molecule has 36 heavy (non-hydrogen) atoms. The van der Waals surface area contributed by atoms with Crippen LogP contribution in [-0.2, 0) is 34.3 Å². The number of hydrogen-bond acceptors (Lipinski definition) is 7. The molecule has 0 atom stereocenters. The maximum absolute atomic E-state index is 12.8. The molecule has 11 heteroatoms. The topological polar surface area (TPSA) is 124 Å². The number of sulfonamides is 1. The van der Waals surface area contributed by atoms with Crippen LogP contribution in [0.5, 0.6) is 5.75 Å². The van der Waals surface area contributed by atoms with Gasteiger partial charge in [0.2, 0.25) is 10.0 Å². The Morgan fingerprint density at radius 3 is 2.83 bits per heavy atom. The molecule has 0 saturated carbocycles. The van der Waals surface area contributed by atoms with E-state index in [0.717, 1.165) is 36.2 Å². The predicted octanol–water partition coefficient (Wildman–Crippen LogP) is 1.77. The summed E-state index contributed by atoms with van der Waals surface area (Å²) < 4.78 is 38.1. The summed E-state index contributed by atoms with van der Waals surface area (Å²) in [7, 11) is -3.39. The van der Waals surface area contributed by atoms with Gasteiger partial charge in [0.25, 0.3) is 5.91 Å². The predicted molar refractivity (Wildman–Crippen MR) is 137 cm³/mol. The zero-order valence-electron chi connectivity index (χ0n) is 20.2. The summed E-state index contributed by atoms with van der Waals surface area (Å²) >= 11 is 0. The van der Waals surface area contributed by atoms with Crippen molar-refractivity contribution in [3.05, 3.63) is 77.0 Å². The Hall–Kier alpha value is -3.41. The summed E-state index contributed by atoms with van der Waals surface area (Å²) in [4.78, 5) is 12.8. The van der Waals surface area contributed by atoms with Crippen LogP contribution in [0.25, 0.3) is 0 Å². The minimum atomic E-state index is -3.39. The normalized spacial score (nSPS) is 14.7. The van der Waals surface area contributed by atoms with E-state index in [1.165, 1.54) is 5.56 Å². The van der Waals surface area contributed by atoms with Gasteiger partial charge >= 0.3 is 0 Å². The summed E-state index contributed by atoms with van der Waals surface area (Å²) in [6.07, 6.45) is 3.35. The number of nitrogens with one attached hydrogen (secondary N) is 3. The van der Waals surface area contributed by atoms with Gasteiger partial charge in [-0.15, -0.1) is 0 Å². The Morgan fingerprint density at radius 1 is 1.11 bits per heavy atom. The highest BCUT2D eigenvalue weighted by Crippen LogP contribution is 2.24. The minimum absolute atomic E-state index is 0.208. The monoisotopic (exact) mass is 513 g/mol. The second kappa shape index (κ2) is 12.0. The van der Waals surface area contributed by atoms with Gasteiger partial charge in [0.15, 0.2) is 5.82 Å². The van der Waals surface area contributed by atoms with Gasteiger partial charge in [0.1, 0.15) is 12.4 Å². The van der Waals surface area contributed by atoms with E-state index in [4.69, 9.17) is 9.47 Å². The first-order valence-electron chi connectivity index (χ1n) is 11.8. The third-order valence-corrected chi connectivity index (χ3v) is 6.08. The molecule has 1 amide bonds. The molecule has 1 aliphatic heterocycles. The fraction of sp³-hybridized carbons (Fsp3) is 0.360. The Balaban J connectivity index is 1.43. The summed E-state index contributed by atoms with van der Waals surface area (Å²) in [6.45, 7) is 3.81. The molecule has 3 N–H and O–H groups in total. The maximum Gasteiger partial charge on any atom is 0.251 e. The molecule has 2 bridgehead atoms.